The molecule has 0 unspecified atom stereocenters. The number of fused-ring (bicyclic) bond motifs is 1. The van der Waals surface area contributed by atoms with Crippen molar-refractivity contribution in [2.75, 3.05) is 25.7 Å². The van der Waals surface area contributed by atoms with E-state index >= 15 is 0 Å². The number of ether oxygens (including phenoxy) is 2. The van der Waals surface area contributed by atoms with Crippen LogP contribution in [0.1, 0.15) is 18.5 Å². The maximum Gasteiger partial charge on any atom is 0.352 e. The van der Waals surface area contributed by atoms with Gasteiger partial charge in [0.1, 0.15) is 29.9 Å². The molecule has 1 aromatic heterocycles. The summed E-state index contributed by atoms with van der Waals surface area (Å²) in [6.07, 6.45) is -0.595. The van der Waals surface area contributed by atoms with Gasteiger partial charge in [-0.15, -0.1) is 23.1 Å². The van der Waals surface area contributed by atoms with Crippen molar-refractivity contribution in [3.05, 3.63) is 22.3 Å². The molecule has 3 aliphatic rings. The molecule has 4 N–H and O–H groups in total. The van der Waals surface area contributed by atoms with Gasteiger partial charge in [0, 0.05) is 11.1 Å². The predicted molar refractivity (Wildman–Crippen MR) is 120 cm³/mol. The van der Waals surface area contributed by atoms with Crippen molar-refractivity contribution in [1.29, 1.82) is 0 Å². The van der Waals surface area contributed by atoms with Gasteiger partial charge in [0.2, 0.25) is 0 Å². The van der Waals surface area contributed by atoms with Gasteiger partial charge in [-0.3, -0.25) is 14.5 Å². The number of nitrogens with one attached hydrogen (secondary N) is 1. The van der Waals surface area contributed by atoms with Gasteiger partial charge >= 0.3 is 11.9 Å². The van der Waals surface area contributed by atoms with E-state index in [1.807, 2.05) is 0 Å². The fourth-order valence-corrected chi connectivity index (χ4v) is 5.95. The second kappa shape index (κ2) is 9.60. The number of thioether (sulfide) groups is 1. The molecule has 1 aromatic rings. The maximum absolute atomic E-state index is 12.9. The lowest BCUT2D eigenvalue weighted by atomic mass is 9.99. The van der Waals surface area contributed by atoms with E-state index in [0.717, 1.165) is 16.2 Å². The van der Waals surface area contributed by atoms with E-state index in [1.165, 1.54) is 31.4 Å². The first-order valence-electron chi connectivity index (χ1n) is 10.0. The zero-order chi connectivity index (χ0) is 24.6. The summed E-state index contributed by atoms with van der Waals surface area (Å²) in [6, 6.07) is -0.973. The number of aliphatic carboxylic acids is 1. The quantitative estimate of drug-likeness (QED) is 0.186. The van der Waals surface area contributed by atoms with Crippen LogP contribution in [0.3, 0.4) is 0 Å². The summed E-state index contributed by atoms with van der Waals surface area (Å²) < 4.78 is 10.4. The van der Waals surface area contributed by atoms with E-state index < -0.39 is 47.4 Å². The molecule has 0 bridgehead atoms. The van der Waals surface area contributed by atoms with Crippen LogP contribution < -0.4 is 11.1 Å². The van der Waals surface area contributed by atoms with Crippen LogP contribution in [0, 0.1) is 0 Å². The number of nitrogens with two attached hydrogens (primary N) is 1. The summed E-state index contributed by atoms with van der Waals surface area (Å²) >= 11 is 2.40. The monoisotopic (exact) mass is 511 g/mol. The van der Waals surface area contributed by atoms with Gasteiger partial charge in [-0.25, -0.2) is 14.6 Å². The van der Waals surface area contributed by atoms with E-state index in [9.17, 15) is 24.3 Å². The lowest BCUT2D eigenvalue weighted by Gasteiger charge is -2.49. The number of nitrogen functional groups attached to an aromatic ring is 1. The minimum Gasteiger partial charge on any atom is -0.477 e. The van der Waals surface area contributed by atoms with Gasteiger partial charge in [0.05, 0.1) is 13.2 Å². The smallest absolute Gasteiger partial charge is 0.352 e. The minimum absolute atomic E-state index is 0.162. The Kier molecular flexibility index (Phi) is 6.77. The third-order valence-electron chi connectivity index (χ3n) is 5.52. The van der Waals surface area contributed by atoms with Crippen LogP contribution in [0.15, 0.2) is 21.8 Å². The Morgan fingerprint density at radius 1 is 1.35 bits per heavy atom. The molecular formula is C19H21N5O8S2. The number of anilines is 1. The van der Waals surface area contributed by atoms with Crippen LogP contribution in [-0.4, -0.2) is 88.1 Å². The highest BCUT2D eigenvalue weighted by molar-refractivity contribution is 8.00. The third kappa shape index (κ3) is 4.21. The van der Waals surface area contributed by atoms with Crippen LogP contribution in [0.5, 0.6) is 0 Å². The van der Waals surface area contributed by atoms with E-state index in [1.54, 1.807) is 0 Å². The largest absolute Gasteiger partial charge is 0.477 e. The number of carboxylic acid groups (broad SMARTS) is 1. The molecule has 4 rings (SSSR count). The number of oxime groups is 1. The number of thiazole rings is 1. The van der Waals surface area contributed by atoms with Gasteiger partial charge in [-0.2, -0.15) is 0 Å². The molecule has 182 valence electrons. The van der Waals surface area contributed by atoms with Crippen molar-refractivity contribution < 1.29 is 38.6 Å². The summed E-state index contributed by atoms with van der Waals surface area (Å²) in [5.74, 6) is -2.86. The van der Waals surface area contributed by atoms with Gasteiger partial charge in [0.25, 0.3) is 11.8 Å². The molecule has 0 radical (unpaired) electrons. The molecule has 0 aliphatic carbocycles. The Labute approximate surface area is 201 Å². The topological polar surface area (TPSA) is 183 Å². The number of aromatic nitrogens is 1. The molecule has 0 aromatic carbocycles. The summed E-state index contributed by atoms with van der Waals surface area (Å²) in [5.41, 5.74) is 5.88. The van der Waals surface area contributed by atoms with Crippen molar-refractivity contribution in [3.63, 3.8) is 0 Å². The van der Waals surface area contributed by atoms with E-state index in [0.29, 0.717) is 18.4 Å². The van der Waals surface area contributed by atoms with Crippen molar-refractivity contribution in [1.82, 2.24) is 15.2 Å². The van der Waals surface area contributed by atoms with Crippen molar-refractivity contribution in [2.45, 2.75) is 36.5 Å². The van der Waals surface area contributed by atoms with Crippen LogP contribution in [0.2, 0.25) is 0 Å². The minimum atomic E-state index is -1.29. The number of carboxylic acids is 1. The summed E-state index contributed by atoms with van der Waals surface area (Å²) in [6.45, 7) is 0. The summed E-state index contributed by atoms with van der Waals surface area (Å²) in [5, 5.41) is 17.3. The molecule has 4 heterocycles. The number of hydrogen-bond acceptors (Lipinski definition) is 12. The number of β-lactam (4-membered cyclic amide) rings is 1. The number of nitrogens with zero attached hydrogens (tertiary/aromatic N) is 3. The van der Waals surface area contributed by atoms with Gasteiger partial charge < -0.3 is 30.5 Å². The van der Waals surface area contributed by atoms with Crippen molar-refractivity contribution in [2.24, 2.45) is 5.16 Å². The van der Waals surface area contributed by atoms with Gasteiger partial charge in [-0.1, -0.05) is 5.16 Å². The first kappa shape index (κ1) is 24.0. The number of methoxy groups -OCH3 is 1. The second-order valence-corrected chi connectivity index (χ2v) is 9.44. The molecule has 2 fully saturated rings. The number of carbonyl (C=O) groups excluding carboxylic acids is 3. The summed E-state index contributed by atoms with van der Waals surface area (Å²) in [4.78, 5) is 59.5. The molecule has 2 amide bonds. The Morgan fingerprint density at radius 3 is 2.74 bits per heavy atom. The fraction of sp³-hybridized carbons (Fsp3) is 0.474. The lowest BCUT2D eigenvalue weighted by molar-refractivity contribution is -0.153. The first-order chi connectivity index (χ1) is 16.3. The Morgan fingerprint density at radius 2 is 2.12 bits per heavy atom. The van der Waals surface area contributed by atoms with Crippen molar-refractivity contribution >= 4 is 57.7 Å². The standard InChI is InChI=1S/C19H21N5O8S2/c1-30-18(29)10-4-3-9(32-10)7-5-33-16-12(15(26)24(16)13(7)17(27)28)22-14(25)11(23-31-2)8-6-34-19(20)21-8/h6,9-10,12,16H,3-5H2,1-2H3,(H2,20,21)(H,22,25)(H,27,28)/b23-11+/t9-,10+,12+,16+/m0/s1. The van der Waals surface area contributed by atoms with E-state index in [4.69, 9.17) is 20.0 Å². The normalized spacial score (nSPS) is 26.6. The maximum atomic E-state index is 12.9. The molecule has 3 aliphatic heterocycles. The van der Waals surface area contributed by atoms with Crippen LogP contribution in [-0.2, 0) is 33.5 Å². The first-order valence-corrected chi connectivity index (χ1v) is 12.0. The summed E-state index contributed by atoms with van der Waals surface area (Å²) in [7, 11) is 2.51. The molecule has 34 heavy (non-hydrogen) atoms. The molecule has 13 nitrogen and oxygen atoms in total. The van der Waals surface area contributed by atoms with Gasteiger partial charge in [0.15, 0.2) is 16.9 Å². The Bertz CT molecular complexity index is 1100. The Balaban J connectivity index is 1.51. The van der Waals surface area contributed by atoms with Crippen molar-refractivity contribution in [3.8, 4) is 0 Å². The highest BCUT2D eigenvalue weighted by Crippen LogP contribution is 2.43. The zero-order valence-corrected chi connectivity index (χ0v) is 19.7. The third-order valence-corrected chi connectivity index (χ3v) is 7.50. The molecule has 4 atom stereocenters. The lowest BCUT2D eigenvalue weighted by Crippen LogP contribution is -2.71. The highest BCUT2D eigenvalue weighted by atomic mass is 32.2. The van der Waals surface area contributed by atoms with Crippen LogP contribution in [0.4, 0.5) is 5.13 Å². The highest BCUT2D eigenvalue weighted by Gasteiger charge is 2.55. The second-order valence-electron chi connectivity index (χ2n) is 7.45. The van der Waals surface area contributed by atoms with E-state index in [2.05, 4.69) is 15.5 Å². The number of esters is 1. The average Bonchev–Trinajstić information content (AvgIpc) is 3.48. The molecule has 15 heteroatoms. The Hall–Kier alpha value is -3.17. The number of hydrogen-bond donors (Lipinski definition) is 3. The van der Waals surface area contributed by atoms with E-state index in [-0.39, 0.29) is 28.0 Å². The number of amides is 2. The van der Waals surface area contributed by atoms with Gasteiger partial charge in [-0.05, 0) is 18.4 Å². The predicted octanol–water partition coefficient (Wildman–Crippen LogP) is -0.465. The van der Waals surface area contributed by atoms with Crippen LogP contribution >= 0.6 is 23.1 Å². The molecule has 0 saturated carbocycles. The molecular weight excluding hydrogens is 490 g/mol. The molecule has 2 saturated heterocycles. The zero-order valence-electron chi connectivity index (χ0n) is 18.0. The van der Waals surface area contributed by atoms with Crippen LogP contribution in [0.25, 0.3) is 0 Å². The molecule has 0 spiro atoms. The SMILES string of the molecule is CO/N=C(/C(=O)N[C@@H]1C(=O)N2C(C(=O)O)=C([C@@H]3CC[C@H](C(=O)OC)O3)CS[C@H]12)c1csc(N)n1. The fourth-order valence-electron chi connectivity index (χ4n) is 3.99. The number of rotatable bonds is 7. The average molecular weight is 512 g/mol. The number of carbonyl (C=O) groups is 4.